The van der Waals surface area contributed by atoms with E-state index in [4.69, 9.17) is 23.5 Å². The van der Waals surface area contributed by atoms with Gasteiger partial charge in [0.2, 0.25) is 10.0 Å². The number of benzene rings is 1. The van der Waals surface area contributed by atoms with Gasteiger partial charge in [-0.05, 0) is 90.3 Å². The largest absolute Gasteiger partial charge is 0.497 e. The maximum absolute atomic E-state index is 13.2. The minimum Gasteiger partial charge on any atom is -0.497 e. The topological polar surface area (TPSA) is 104 Å². The van der Waals surface area contributed by atoms with Gasteiger partial charge in [-0.25, -0.2) is 13.2 Å². The summed E-state index contributed by atoms with van der Waals surface area (Å²) in [6, 6.07) is 6.23. The standard InChI is InChI=1S/C30H47BN2O8S/c1-20-15-25(32(42(8,35)36)18-21-9-11-23(37-6)12-10-21)26(33(20)27(34)38-7)19-39-24-13-14-30(17-22(30)16-24)31-40-28(2,3)29(4,5)41-31/h9-12,20,22,24-26H,13-19H2,1-8H3/t20-,22?,24?,25+,26+,30?/m1/s1. The summed E-state index contributed by atoms with van der Waals surface area (Å²) in [4.78, 5) is 14.6. The number of carbonyl (C=O) groups is 1. The van der Waals surface area contributed by atoms with Gasteiger partial charge in [-0.2, -0.15) is 4.31 Å². The summed E-state index contributed by atoms with van der Waals surface area (Å²) in [5.74, 6) is 1.16. The molecule has 6 atom stereocenters. The van der Waals surface area contributed by atoms with Crippen molar-refractivity contribution in [3.05, 3.63) is 29.8 Å². The van der Waals surface area contributed by atoms with Crippen LogP contribution in [0, 0.1) is 5.92 Å². The molecule has 2 saturated carbocycles. The molecule has 10 nitrogen and oxygen atoms in total. The van der Waals surface area contributed by atoms with Crippen LogP contribution in [-0.4, -0.2) is 93.3 Å². The first kappa shape index (κ1) is 31.6. The predicted octanol–water partition coefficient (Wildman–Crippen LogP) is 4.48. The summed E-state index contributed by atoms with van der Waals surface area (Å²) >= 11 is 0. The van der Waals surface area contributed by atoms with E-state index in [-0.39, 0.29) is 48.9 Å². The summed E-state index contributed by atoms with van der Waals surface area (Å²) in [6.07, 6.45) is 5.06. The fraction of sp³-hybridized carbons (Fsp3) is 0.767. The van der Waals surface area contributed by atoms with Gasteiger partial charge in [0.25, 0.3) is 0 Å². The number of likely N-dealkylation sites (tertiary alicyclic amines) is 1. The van der Waals surface area contributed by atoms with Gasteiger partial charge in [0.1, 0.15) is 5.75 Å². The summed E-state index contributed by atoms with van der Waals surface area (Å²) in [5.41, 5.74) is 0.135. The Bertz CT molecular complexity index is 1240. The summed E-state index contributed by atoms with van der Waals surface area (Å²) in [5, 5.41) is 0.0405. The van der Waals surface area contributed by atoms with Crippen LogP contribution in [-0.2, 0) is 35.4 Å². The molecule has 4 aliphatic rings. The van der Waals surface area contributed by atoms with E-state index in [1.165, 1.54) is 17.7 Å². The third-order valence-corrected chi connectivity index (χ3v) is 11.8. The summed E-state index contributed by atoms with van der Waals surface area (Å²) in [6.45, 7) is 10.7. The van der Waals surface area contributed by atoms with Gasteiger partial charge in [0.05, 0.1) is 50.4 Å². The molecule has 1 aromatic carbocycles. The van der Waals surface area contributed by atoms with Gasteiger partial charge < -0.3 is 23.5 Å². The van der Waals surface area contributed by atoms with Gasteiger partial charge in [0.15, 0.2) is 0 Å². The molecule has 4 fully saturated rings. The average molecular weight is 607 g/mol. The van der Waals surface area contributed by atoms with Crippen LogP contribution in [0.5, 0.6) is 5.75 Å². The zero-order valence-electron chi connectivity index (χ0n) is 26.3. The number of hydrogen-bond acceptors (Lipinski definition) is 8. The first-order valence-corrected chi connectivity index (χ1v) is 16.9. The fourth-order valence-corrected chi connectivity index (χ4v) is 8.31. The van der Waals surface area contributed by atoms with Crippen molar-refractivity contribution in [1.82, 2.24) is 9.21 Å². The highest BCUT2D eigenvalue weighted by molar-refractivity contribution is 7.88. The second-order valence-electron chi connectivity index (χ2n) is 13.7. The van der Waals surface area contributed by atoms with Crippen LogP contribution in [0.3, 0.4) is 0 Å². The number of hydrogen-bond donors (Lipinski definition) is 0. The van der Waals surface area contributed by atoms with Crippen molar-refractivity contribution in [1.29, 1.82) is 0 Å². The molecule has 2 aliphatic heterocycles. The highest BCUT2D eigenvalue weighted by Gasteiger charge is 2.70. The van der Waals surface area contributed by atoms with E-state index in [1.54, 1.807) is 12.0 Å². The molecule has 1 aromatic rings. The number of amides is 1. The van der Waals surface area contributed by atoms with Gasteiger partial charge in [-0.1, -0.05) is 12.1 Å². The Kier molecular flexibility index (Phi) is 8.46. The number of methoxy groups -OCH3 is 2. The van der Waals surface area contributed by atoms with Crippen molar-refractivity contribution in [2.24, 2.45) is 5.92 Å². The first-order valence-electron chi connectivity index (χ1n) is 15.0. The van der Waals surface area contributed by atoms with Crippen molar-refractivity contribution in [2.45, 2.75) is 114 Å². The molecule has 0 N–H and O–H groups in total. The van der Waals surface area contributed by atoms with Crippen LogP contribution >= 0.6 is 0 Å². The number of rotatable bonds is 9. The molecule has 2 saturated heterocycles. The van der Waals surface area contributed by atoms with E-state index in [0.29, 0.717) is 18.1 Å². The first-order chi connectivity index (χ1) is 19.6. The Morgan fingerprint density at radius 2 is 1.74 bits per heavy atom. The predicted molar refractivity (Wildman–Crippen MR) is 160 cm³/mol. The minimum atomic E-state index is -3.62. The number of ether oxygens (including phenoxy) is 3. The highest BCUT2D eigenvalue weighted by Crippen LogP contribution is 2.71. The molecule has 12 heteroatoms. The van der Waals surface area contributed by atoms with Crippen LogP contribution in [0.2, 0.25) is 5.31 Å². The summed E-state index contributed by atoms with van der Waals surface area (Å²) in [7, 11) is -0.870. The zero-order chi connectivity index (χ0) is 30.7. The van der Waals surface area contributed by atoms with Crippen molar-refractivity contribution >= 4 is 23.2 Å². The fourth-order valence-electron chi connectivity index (χ4n) is 7.20. The monoisotopic (exact) mass is 606 g/mol. The average Bonchev–Trinajstić information content (AvgIpc) is 3.50. The SMILES string of the molecule is COC(=O)N1[C@H](C)C[C@H](N(Cc2ccc(OC)cc2)S(C)(=O)=O)[C@@H]1COC1CCC2(B3OC(C)(C)C(C)(C)O3)CC2C1. The number of carbonyl (C=O) groups excluding carboxylic acids is 1. The van der Waals surface area contributed by atoms with Crippen molar-refractivity contribution in [2.75, 3.05) is 27.1 Å². The maximum atomic E-state index is 13.2. The quantitative estimate of drug-likeness (QED) is 0.380. The second kappa shape index (κ2) is 11.3. The van der Waals surface area contributed by atoms with Gasteiger partial charge >= 0.3 is 13.2 Å². The molecule has 0 spiro atoms. The van der Waals surface area contributed by atoms with Gasteiger partial charge in [-0.15, -0.1) is 0 Å². The van der Waals surface area contributed by atoms with Crippen molar-refractivity contribution in [3.63, 3.8) is 0 Å². The Morgan fingerprint density at radius 1 is 1.10 bits per heavy atom. The third kappa shape index (κ3) is 5.81. The molecule has 2 aliphatic carbocycles. The number of sulfonamides is 1. The summed E-state index contributed by atoms with van der Waals surface area (Å²) < 4.78 is 57.6. The van der Waals surface area contributed by atoms with Crippen LogP contribution < -0.4 is 4.74 Å². The number of fused-ring (bicyclic) bond motifs is 1. The molecule has 3 unspecified atom stereocenters. The van der Waals surface area contributed by atoms with Crippen LogP contribution in [0.4, 0.5) is 4.79 Å². The normalized spacial score (nSPS) is 33.5. The number of nitrogens with zero attached hydrogens (tertiary/aromatic N) is 2. The molecule has 2 heterocycles. The highest BCUT2D eigenvalue weighted by atomic mass is 32.2. The van der Waals surface area contributed by atoms with E-state index < -0.39 is 28.2 Å². The Labute approximate surface area is 251 Å². The molecule has 0 aromatic heterocycles. The zero-order valence-corrected chi connectivity index (χ0v) is 27.1. The minimum absolute atomic E-state index is 0.0253. The molecule has 0 radical (unpaired) electrons. The van der Waals surface area contributed by atoms with Gasteiger partial charge in [0, 0.05) is 23.9 Å². The lowest BCUT2D eigenvalue weighted by Gasteiger charge is -2.36. The Morgan fingerprint density at radius 3 is 2.29 bits per heavy atom. The van der Waals surface area contributed by atoms with Crippen LogP contribution in [0.25, 0.3) is 0 Å². The molecule has 1 amide bonds. The van der Waals surface area contributed by atoms with E-state index in [0.717, 1.165) is 31.2 Å². The Balaban J connectivity index is 1.29. The Hall–Kier alpha value is -1.86. The molecule has 5 rings (SSSR count). The lowest BCUT2D eigenvalue weighted by molar-refractivity contribution is -0.0139. The smallest absolute Gasteiger partial charge is 0.464 e. The van der Waals surface area contributed by atoms with Crippen LogP contribution in [0.1, 0.15) is 72.3 Å². The van der Waals surface area contributed by atoms with E-state index in [9.17, 15) is 13.2 Å². The third-order valence-electron chi connectivity index (χ3n) is 10.5. The van der Waals surface area contributed by atoms with E-state index in [1.807, 2.05) is 31.2 Å². The molecular formula is C30H47BN2O8S. The lowest BCUT2D eigenvalue weighted by Crippen LogP contribution is -2.51. The molecule has 234 valence electrons. The molecular weight excluding hydrogens is 559 g/mol. The molecule has 42 heavy (non-hydrogen) atoms. The second-order valence-corrected chi connectivity index (χ2v) is 15.6. The maximum Gasteiger partial charge on any atom is 0.464 e. The molecule has 0 bridgehead atoms. The van der Waals surface area contributed by atoms with Crippen LogP contribution in [0.15, 0.2) is 24.3 Å². The van der Waals surface area contributed by atoms with Crippen molar-refractivity contribution in [3.8, 4) is 5.75 Å². The van der Waals surface area contributed by atoms with E-state index >= 15 is 0 Å². The van der Waals surface area contributed by atoms with Gasteiger partial charge in [-0.3, -0.25) is 4.90 Å². The van der Waals surface area contributed by atoms with E-state index in [2.05, 4.69) is 27.7 Å². The lowest BCUT2D eigenvalue weighted by atomic mass is 9.61. The van der Waals surface area contributed by atoms with Crippen molar-refractivity contribution < 1.29 is 36.7 Å².